The van der Waals surface area contributed by atoms with E-state index < -0.39 is 0 Å². The average molecular weight is 342 g/mol. The van der Waals surface area contributed by atoms with Gasteiger partial charge in [0.25, 0.3) is 0 Å². The van der Waals surface area contributed by atoms with Gasteiger partial charge in [-0.25, -0.2) is 0 Å². The van der Waals surface area contributed by atoms with Crippen LogP contribution in [-0.2, 0) is 16.1 Å². The second kappa shape index (κ2) is 8.32. The maximum atomic E-state index is 12.6. The summed E-state index contributed by atoms with van der Waals surface area (Å²) < 4.78 is 11.2. The molecule has 0 unspecified atom stereocenters. The van der Waals surface area contributed by atoms with Crippen LogP contribution in [0.1, 0.15) is 30.7 Å². The lowest BCUT2D eigenvalue weighted by atomic mass is 10.1. The van der Waals surface area contributed by atoms with E-state index in [1.165, 1.54) is 5.56 Å². The number of amides is 1. The highest BCUT2D eigenvalue weighted by atomic mass is 16.5. The first-order valence-corrected chi connectivity index (χ1v) is 8.80. The number of nitrogens with zero attached hydrogens (tertiary/aromatic N) is 2. The van der Waals surface area contributed by atoms with E-state index in [-0.39, 0.29) is 18.1 Å². The number of ether oxygens (including phenoxy) is 1. The van der Waals surface area contributed by atoms with E-state index in [2.05, 4.69) is 29.2 Å². The number of furan rings is 1. The van der Waals surface area contributed by atoms with Crippen LogP contribution >= 0.6 is 0 Å². The molecule has 134 valence electrons. The molecule has 0 radical (unpaired) electrons. The Balaban J connectivity index is 1.52. The number of carbonyl (C=O) groups is 1. The van der Waals surface area contributed by atoms with E-state index in [9.17, 15) is 4.79 Å². The number of hydrogen-bond acceptors (Lipinski definition) is 4. The molecule has 2 heterocycles. The standard InChI is InChI=1S/C20H26N2O3/c1-16(19-9-6-11-25-19)21(2)20(23)13-18-15-22(10-12-24-18)14-17-7-4-3-5-8-17/h3-9,11,16,18H,10,12-15H2,1-2H3/t16-,18+/m0/s1. The molecule has 1 amide bonds. The quantitative estimate of drug-likeness (QED) is 0.809. The van der Waals surface area contributed by atoms with Crippen molar-refractivity contribution in [2.75, 3.05) is 26.7 Å². The summed E-state index contributed by atoms with van der Waals surface area (Å²) in [5.41, 5.74) is 1.29. The second-order valence-corrected chi connectivity index (χ2v) is 6.61. The van der Waals surface area contributed by atoms with E-state index in [1.54, 1.807) is 11.2 Å². The molecule has 1 aromatic carbocycles. The highest BCUT2D eigenvalue weighted by Crippen LogP contribution is 2.21. The Labute approximate surface area is 149 Å². The molecule has 1 saturated heterocycles. The van der Waals surface area contributed by atoms with Gasteiger partial charge in [-0.2, -0.15) is 0 Å². The Kier molecular flexibility index (Phi) is 5.89. The lowest BCUT2D eigenvalue weighted by Crippen LogP contribution is -2.44. The van der Waals surface area contributed by atoms with Crippen LogP contribution in [0.25, 0.3) is 0 Å². The zero-order valence-electron chi connectivity index (χ0n) is 14.9. The third-order valence-electron chi connectivity index (χ3n) is 4.80. The van der Waals surface area contributed by atoms with Crippen LogP contribution in [0, 0.1) is 0 Å². The SMILES string of the molecule is C[C@@H](c1ccco1)N(C)C(=O)C[C@@H]1CN(Cc2ccccc2)CCO1. The van der Waals surface area contributed by atoms with Crippen molar-refractivity contribution in [3.63, 3.8) is 0 Å². The molecular weight excluding hydrogens is 316 g/mol. The maximum Gasteiger partial charge on any atom is 0.225 e. The van der Waals surface area contributed by atoms with Gasteiger partial charge in [0.1, 0.15) is 5.76 Å². The summed E-state index contributed by atoms with van der Waals surface area (Å²) >= 11 is 0. The van der Waals surface area contributed by atoms with Crippen molar-refractivity contribution in [3.8, 4) is 0 Å². The van der Waals surface area contributed by atoms with Gasteiger partial charge in [0.2, 0.25) is 5.91 Å². The lowest BCUT2D eigenvalue weighted by Gasteiger charge is -2.34. The molecule has 5 heteroatoms. The number of rotatable bonds is 6. The molecule has 2 atom stereocenters. The Morgan fingerprint density at radius 1 is 1.28 bits per heavy atom. The number of benzene rings is 1. The largest absolute Gasteiger partial charge is 0.467 e. The van der Waals surface area contributed by atoms with Crippen molar-refractivity contribution in [3.05, 3.63) is 60.1 Å². The molecule has 1 fully saturated rings. The van der Waals surface area contributed by atoms with E-state index in [0.29, 0.717) is 13.0 Å². The minimum Gasteiger partial charge on any atom is -0.467 e. The fourth-order valence-corrected chi connectivity index (χ4v) is 3.16. The fraction of sp³-hybridized carbons (Fsp3) is 0.450. The van der Waals surface area contributed by atoms with Gasteiger partial charge in [0, 0.05) is 26.7 Å². The number of morpholine rings is 1. The van der Waals surface area contributed by atoms with E-state index in [4.69, 9.17) is 9.15 Å². The topological polar surface area (TPSA) is 45.9 Å². The van der Waals surface area contributed by atoms with Crippen molar-refractivity contribution < 1.29 is 13.9 Å². The van der Waals surface area contributed by atoms with Gasteiger partial charge >= 0.3 is 0 Å². The van der Waals surface area contributed by atoms with Gasteiger partial charge in [0.05, 0.1) is 31.4 Å². The van der Waals surface area contributed by atoms with Gasteiger partial charge in [0.15, 0.2) is 0 Å². The van der Waals surface area contributed by atoms with Crippen LogP contribution in [0.4, 0.5) is 0 Å². The summed E-state index contributed by atoms with van der Waals surface area (Å²) in [5, 5.41) is 0. The summed E-state index contributed by atoms with van der Waals surface area (Å²) in [6, 6.07) is 14.1. The molecule has 1 aromatic heterocycles. The molecular formula is C20H26N2O3. The van der Waals surface area contributed by atoms with Crippen LogP contribution < -0.4 is 0 Å². The Hall–Kier alpha value is -2.11. The van der Waals surface area contributed by atoms with Gasteiger partial charge in [-0.3, -0.25) is 9.69 Å². The van der Waals surface area contributed by atoms with Crippen molar-refractivity contribution in [2.24, 2.45) is 0 Å². The first kappa shape index (κ1) is 17.7. The summed E-state index contributed by atoms with van der Waals surface area (Å²) in [5.74, 6) is 0.876. The predicted molar refractivity (Wildman–Crippen MR) is 96.0 cm³/mol. The molecule has 0 saturated carbocycles. The van der Waals surface area contributed by atoms with E-state index in [0.717, 1.165) is 25.4 Å². The minimum absolute atomic E-state index is 0.0591. The molecule has 0 bridgehead atoms. The third-order valence-corrected chi connectivity index (χ3v) is 4.80. The molecule has 0 spiro atoms. The van der Waals surface area contributed by atoms with Gasteiger partial charge in [-0.15, -0.1) is 0 Å². The molecule has 25 heavy (non-hydrogen) atoms. The highest BCUT2D eigenvalue weighted by Gasteiger charge is 2.26. The fourth-order valence-electron chi connectivity index (χ4n) is 3.16. The zero-order valence-corrected chi connectivity index (χ0v) is 14.9. The van der Waals surface area contributed by atoms with Gasteiger partial charge in [-0.05, 0) is 24.6 Å². The highest BCUT2D eigenvalue weighted by molar-refractivity contribution is 5.76. The second-order valence-electron chi connectivity index (χ2n) is 6.61. The number of hydrogen-bond donors (Lipinski definition) is 0. The molecule has 2 aromatic rings. The van der Waals surface area contributed by atoms with Crippen LogP contribution in [0.15, 0.2) is 53.1 Å². The molecule has 0 N–H and O–H groups in total. The average Bonchev–Trinajstić information content (AvgIpc) is 3.16. The smallest absolute Gasteiger partial charge is 0.225 e. The van der Waals surface area contributed by atoms with Gasteiger partial charge < -0.3 is 14.1 Å². The summed E-state index contributed by atoms with van der Waals surface area (Å²) in [7, 11) is 1.82. The Bertz CT molecular complexity index is 657. The maximum absolute atomic E-state index is 12.6. The van der Waals surface area contributed by atoms with Crippen molar-refractivity contribution in [1.29, 1.82) is 0 Å². The predicted octanol–water partition coefficient (Wildman–Crippen LogP) is 3.09. The van der Waals surface area contributed by atoms with Crippen LogP contribution in [0.2, 0.25) is 0 Å². The van der Waals surface area contributed by atoms with Crippen molar-refractivity contribution >= 4 is 5.91 Å². The first-order chi connectivity index (χ1) is 12.1. The third kappa shape index (κ3) is 4.71. The molecule has 0 aliphatic carbocycles. The first-order valence-electron chi connectivity index (χ1n) is 8.80. The number of carbonyl (C=O) groups excluding carboxylic acids is 1. The molecule has 1 aliphatic rings. The van der Waals surface area contributed by atoms with Gasteiger partial charge in [-0.1, -0.05) is 30.3 Å². The van der Waals surface area contributed by atoms with Crippen LogP contribution in [-0.4, -0.2) is 48.6 Å². The van der Waals surface area contributed by atoms with Crippen LogP contribution in [0.3, 0.4) is 0 Å². The summed E-state index contributed by atoms with van der Waals surface area (Å²) in [6.45, 7) is 5.22. The van der Waals surface area contributed by atoms with Crippen molar-refractivity contribution in [1.82, 2.24) is 9.80 Å². The lowest BCUT2D eigenvalue weighted by molar-refractivity contribution is -0.137. The molecule has 3 rings (SSSR count). The molecule has 5 nitrogen and oxygen atoms in total. The summed E-state index contributed by atoms with van der Waals surface area (Å²) in [4.78, 5) is 16.7. The molecule has 1 aliphatic heterocycles. The van der Waals surface area contributed by atoms with Crippen LogP contribution in [0.5, 0.6) is 0 Å². The zero-order chi connectivity index (χ0) is 17.6. The normalized spacial score (nSPS) is 19.5. The monoisotopic (exact) mass is 342 g/mol. The van der Waals surface area contributed by atoms with E-state index >= 15 is 0 Å². The Morgan fingerprint density at radius 3 is 2.80 bits per heavy atom. The van der Waals surface area contributed by atoms with Crippen molar-refractivity contribution in [2.45, 2.75) is 32.0 Å². The minimum atomic E-state index is -0.0773. The summed E-state index contributed by atoms with van der Waals surface area (Å²) in [6.07, 6.45) is 1.97. The Morgan fingerprint density at radius 2 is 2.08 bits per heavy atom. The van der Waals surface area contributed by atoms with E-state index in [1.807, 2.05) is 32.2 Å².